The molecule has 2 N–H and O–H groups in total. The van der Waals surface area contributed by atoms with Crippen LogP contribution in [0.25, 0.3) is 0 Å². The standard InChI is InChI=1S/C17H22FN3S/c1-13(19)17(16-3-2-12-22-16)21-10-8-20(9-11-21)15-6-4-14(18)5-7-15/h2-7,12-13,17H,8-11,19H2,1H3. The van der Waals surface area contributed by atoms with Crippen LogP contribution in [0.2, 0.25) is 0 Å². The summed E-state index contributed by atoms with van der Waals surface area (Å²) in [7, 11) is 0. The summed E-state index contributed by atoms with van der Waals surface area (Å²) < 4.78 is 13.0. The van der Waals surface area contributed by atoms with Gasteiger partial charge in [-0.05, 0) is 42.6 Å². The minimum atomic E-state index is -0.183. The Morgan fingerprint density at radius 3 is 2.32 bits per heavy atom. The highest BCUT2D eigenvalue weighted by atomic mass is 32.1. The first-order valence-corrected chi connectivity index (χ1v) is 8.56. The molecular formula is C17H22FN3S. The second-order valence-electron chi connectivity index (χ2n) is 5.82. The lowest BCUT2D eigenvalue weighted by atomic mass is 10.1. The van der Waals surface area contributed by atoms with Crippen LogP contribution in [0.4, 0.5) is 10.1 Å². The average molecular weight is 319 g/mol. The van der Waals surface area contributed by atoms with Crippen molar-refractivity contribution in [1.82, 2.24) is 4.90 Å². The fourth-order valence-corrected chi connectivity index (χ4v) is 4.12. The first-order valence-electron chi connectivity index (χ1n) is 7.68. The van der Waals surface area contributed by atoms with Gasteiger partial charge in [-0.25, -0.2) is 4.39 Å². The lowest BCUT2D eigenvalue weighted by Gasteiger charge is -2.41. The van der Waals surface area contributed by atoms with Crippen molar-refractivity contribution in [3.05, 3.63) is 52.5 Å². The Morgan fingerprint density at radius 2 is 1.77 bits per heavy atom. The predicted molar refractivity (Wildman–Crippen MR) is 90.9 cm³/mol. The van der Waals surface area contributed by atoms with Gasteiger partial charge >= 0.3 is 0 Å². The van der Waals surface area contributed by atoms with E-state index in [0.29, 0.717) is 0 Å². The van der Waals surface area contributed by atoms with Crippen molar-refractivity contribution in [2.75, 3.05) is 31.1 Å². The normalized spacial score (nSPS) is 19.1. The molecule has 3 rings (SSSR count). The zero-order chi connectivity index (χ0) is 15.5. The summed E-state index contributed by atoms with van der Waals surface area (Å²) in [6.07, 6.45) is 0. The summed E-state index contributed by atoms with van der Waals surface area (Å²) in [5.41, 5.74) is 7.32. The Bertz CT molecular complexity index is 574. The molecule has 22 heavy (non-hydrogen) atoms. The van der Waals surface area contributed by atoms with Crippen molar-refractivity contribution in [2.45, 2.75) is 19.0 Å². The molecule has 1 aliphatic heterocycles. The van der Waals surface area contributed by atoms with E-state index in [9.17, 15) is 4.39 Å². The molecule has 1 aliphatic rings. The smallest absolute Gasteiger partial charge is 0.123 e. The van der Waals surface area contributed by atoms with Crippen LogP contribution in [0.15, 0.2) is 41.8 Å². The minimum Gasteiger partial charge on any atom is -0.369 e. The molecule has 2 aromatic rings. The van der Waals surface area contributed by atoms with E-state index in [-0.39, 0.29) is 17.9 Å². The monoisotopic (exact) mass is 319 g/mol. The number of thiophene rings is 1. The van der Waals surface area contributed by atoms with Gasteiger partial charge in [0.1, 0.15) is 5.82 Å². The molecule has 5 heteroatoms. The average Bonchev–Trinajstić information content (AvgIpc) is 3.03. The van der Waals surface area contributed by atoms with Crippen LogP contribution in [0, 0.1) is 5.82 Å². The van der Waals surface area contributed by atoms with E-state index in [1.54, 1.807) is 11.3 Å². The van der Waals surface area contributed by atoms with Crippen LogP contribution in [0.1, 0.15) is 17.8 Å². The van der Waals surface area contributed by atoms with E-state index in [1.807, 2.05) is 12.1 Å². The second-order valence-corrected chi connectivity index (χ2v) is 6.80. The van der Waals surface area contributed by atoms with E-state index in [2.05, 4.69) is 34.2 Å². The van der Waals surface area contributed by atoms with Gasteiger partial charge in [0.15, 0.2) is 0 Å². The molecule has 1 aromatic heterocycles. The summed E-state index contributed by atoms with van der Waals surface area (Å²) in [5, 5.41) is 2.11. The number of nitrogens with two attached hydrogens (primary N) is 1. The Hall–Kier alpha value is -1.43. The molecule has 2 atom stereocenters. The SMILES string of the molecule is CC(N)C(c1cccs1)N1CCN(c2ccc(F)cc2)CC1. The number of piperazine rings is 1. The Balaban J connectivity index is 1.66. The molecule has 118 valence electrons. The number of hydrogen-bond donors (Lipinski definition) is 1. The molecule has 0 amide bonds. The lowest BCUT2D eigenvalue weighted by Crippen LogP contribution is -2.50. The summed E-state index contributed by atoms with van der Waals surface area (Å²) >= 11 is 1.77. The maximum absolute atomic E-state index is 13.0. The Labute approximate surface area is 135 Å². The van der Waals surface area contributed by atoms with Crippen molar-refractivity contribution >= 4 is 17.0 Å². The zero-order valence-electron chi connectivity index (χ0n) is 12.8. The van der Waals surface area contributed by atoms with E-state index in [4.69, 9.17) is 5.73 Å². The molecule has 1 fully saturated rings. The van der Waals surface area contributed by atoms with Gasteiger partial charge in [-0.2, -0.15) is 0 Å². The number of rotatable bonds is 4. The predicted octanol–water partition coefficient (Wildman–Crippen LogP) is 3.10. The van der Waals surface area contributed by atoms with Gasteiger partial charge in [-0.15, -0.1) is 11.3 Å². The highest BCUT2D eigenvalue weighted by Gasteiger charge is 2.28. The molecule has 0 spiro atoms. The van der Waals surface area contributed by atoms with Crippen LogP contribution in [-0.4, -0.2) is 37.1 Å². The number of benzene rings is 1. The fourth-order valence-electron chi connectivity index (χ4n) is 3.14. The van der Waals surface area contributed by atoms with E-state index >= 15 is 0 Å². The topological polar surface area (TPSA) is 32.5 Å². The fraction of sp³-hybridized carbons (Fsp3) is 0.412. The maximum Gasteiger partial charge on any atom is 0.123 e. The van der Waals surface area contributed by atoms with E-state index < -0.39 is 0 Å². The molecule has 0 saturated carbocycles. The third-order valence-electron chi connectivity index (χ3n) is 4.23. The van der Waals surface area contributed by atoms with Crippen molar-refractivity contribution in [2.24, 2.45) is 5.73 Å². The van der Waals surface area contributed by atoms with Gasteiger partial charge in [-0.1, -0.05) is 6.07 Å². The van der Waals surface area contributed by atoms with Crippen molar-refractivity contribution < 1.29 is 4.39 Å². The van der Waals surface area contributed by atoms with Gasteiger partial charge < -0.3 is 10.6 Å². The molecule has 0 bridgehead atoms. The largest absolute Gasteiger partial charge is 0.369 e. The number of nitrogens with zero attached hydrogens (tertiary/aromatic N) is 2. The molecule has 0 aliphatic carbocycles. The van der Waals surface area contributed by atoms with Crippen molar-refractivity contribution in [3.8, 4) is 0 Å². The summed E-state index contributed by atoms with van der Waals surface area (Å²) in [5.74, 6) is -0.183. The molecule has 3 nitrogen and oxygen atoms in total. The Morgan fingerprint density at radius 1 is 1.09 bits per heavy atom. The highest BCUT2D eigenvalue weighted by molar-refractivity contribution is 7.10. The Kier molecular flexibility index (Phi) is 4.76. The third kappa shape index (κ3) is 3.32. The van der Waals surface area contributed by atoms with Crippen LogP contribution >= 0.6 is 11.3 Å². The molecule has 0 radical (unpaired) electrons. The lowest BCUT2D eigenvalue weighted by molar-refractivity contribution is 0.169. The minimum absolute atomic E-state index is 0.107. The number of anilines is 1. The molecule has 2 heterocycles. The quantitative estimate of drug-likeness (QED) is 0.940. The van der Waals surface area contributed by atoms with Crippen molar-refractivity contribution in [3.63, 3.8) is 0 Å². The van der Waals surface area contributed by atoms with E-state index in [0.717, 1.165) is 31.9 Å². The van der Waals surface area contributed by atoms with Gasteiger partial charge in [-0.3, -0.25) is 4.90 Å². The first kappa shape index (κ1) is 15.5. The molecule has 2 unspecified atom stereocenters. The van der Waals surface area contributed by atoms with Crippen LogP contribution in [0.5, 0.6) is 0 Å². The first-order chi connectivity index (χ1) is 10.6. The maximum atomic E-state index is 13.0. The van der Waals surface area contributed by atoms with Gasteiger partial charge in [0.2, 0.25) is 0 Å². The van der Waals surface area contributed by atoms with Gasteiger partial charge in [0.25, 0.3) is 0 Å². The zero-order valence-corrected chi connectivity index (χ0v) is 13.6. The summed E-state index contributed by atoms with van der Waals surface area (Å²) in [6.45, 7) is 5.92. The summed E-state index contributed by atoms with van der Waals surface area (Å²) in [4.78, 5) is 6.12. The van der Waals surface area contributed by atoms with Gasteiger partial charge in [0, 0.05) is 42.8 Å². The van der Waals surface area contributed by atoms with E-state index in [1.165, 1.54) is 17.0 Å². The second kappa shape index (κ2) is 6.77. The number of hydrogen-bond acceptors (Lipinski definition) is 4. The van der Waals surface area contributed by atoms with Crippen LogP contribution < -0.4 is 10.6 Å². The number of halogens is 1. The third-order valence-corrected chi connectivity index (χ3v) is 5.18. The summed E-state index contributed by atoms with van der Waals surface area (Å²) in [6, 6.07) is 11.4. The van der Waals surface area contributed by atoms with Crippen molar-refractivity contribution in [1.29, 1.82) is 0 Å². The molecule has 1 saturated heterocycles. The molecular weight excluding hydrogens is 297 g/mol. The van der Waals surface area contributed by atoms with Gasteiger partial charge in [0.05, 0.1) is 6.04 Å². The highest BCUT2D eigenvalue weighted by Crippen LogP contribution is 2.29. The molecule has 1 aromatic carbocycles. The van der Waals surface area contributed by atoms with Crippen LogP contribution in [-0.2, 0) is 0 Å². The van der Waals surface area contributed by atoms with Crippen LogP contribution in [0.3, 0.4) is 0 Å².